The van der Waals surface area contributed by atoms with E-state index in [1.807, 2.05) is 0 Å². The molecule has 0 aromatic rings. The molecular formula is C12H29PS3. The molecular weight excluding hydrogens is 271 g/mol. The van der Waals surface area contributed by atoms with Gasteiger partial charge in [0.2, 0.25) is 0 Å². The Labute approximate surface area is 118 Å². The van der Waals surface area contributed by atoms with Gasteiger partial charge in [-0.15, -0.1) is 0 Å². The summed E-state index contributed by atoms with van der Waals surface area (Å²) in [6, 6.07) is 0. The molecule has 0 aliphatic carbocycles. The molecule has 0 atom stereocenters. The number of rotatable bonds is 10. The monoisotopic (exact) mass is 300 g/mol. The van der Waals surface area contributed by atoms with Gasteiger partial charge in [-0.3, -0.25) is 0 Å². The van der Waals surface area contributed by atoms with Gasteiger partial charge in [-0.2, -0.15) is 0 Å². The number of thiol groups is 3. The third-order valence-electron chi connectivity index (χ3n) is 2.94. The average molecular weight is 301 g/mol. The Morgan fingerprint density at radius 1 is 0.625 bits per heavy atom. The summed E-state index contributed by atoms with van der Waals surface area (Å²) in [5.74, 6) is 0. The Morgan fingerprint density at radius 3 is 1.31 bits per heavy atom. The zero-order chi connectivity index (χ0) is 12.5. The van der Waals surface area contributed by atoms with E-state index in [-0.39, 0.29) is 0 Å². The molecule has 0 amide bonds. The van der Waals surface area contributed by atoms with Crippen molar-refractivity contribution in [1.29, 1.82) is 0 Å². The van der Waals surface area contributed by atoms with Crippen molar-refractivity contribution in [2.45, 2.75) is 65.2 Å². The third kappa shape index (κ3) is 10.6. The summed E-state index contributed by atoms with van der Waals surface area (Å²) in [7, 11) is 0. The van der Waals surface area contributed by atoms with Crippen molar-refractivity contribution in [3.8, 4) is 0 Å². The first-order valence-corrected chi connectivity index (χ1v) is 12.7. The molecule has 0 saturated heterocycles. The van der Waals surface area contributed by atoms with Crippen LogP contribution in [0.25, 0.3) is 0 Å². The van der Waals surface area contributed by atoms with Gasteiger partial charge in [0.05, 0.1) is 0 Å². The van der Waals surface area contributed by atoms with Gasteiger partial charge in [0.15, 0.2) is 0 Å². The van der Waals surface area contributed by atoms with Crippen LogP contribution in [0.1, 0.15) is 65.2 Å². The molecule has 0 aromatic heterocycles. The predicted octanol–water partition coefficient (Wildman–Crippen LogP) is 6.23. The second kappa shape index (κ2) is 8.56. The summed E-state index contributed by atoms with van der Waals surface area (Å²) in [6.45, 7) is 4.49. The average Bonchev–Trinajstić information content (AvgIpc) is 2.19. The number of unbranched alkanes of at least 4 members (excludes halogenated alkanes) is 6. The Hall–Kier alpha value is 1.48. The molecule has 0 unspecified atom stereocenters. The second-order valence-electron chi connectivity index (χ2n) is 4.91. The van der Waals surface area contributed by atoms with E-state index in [9.17, 15) is 0 Å². The molecule has 4 heteroatoms. The summed E-state index contributed by atoms with van der Waals surface area (Å²) in [5, 5.41) is 0. The quantitative estimate of drug-likeness (QED) is 0.237. The van der Waals surface area contributed by atoms with Crippen LogP contribution in [-0.2, 0) is 0 Å². The second-order valence-corrected chi connectivity index (χ2v) is 20.0. The van der Waals surface area contributed by atoms with E-state index in [4.69, 9.17) is 36.7 Å². The van der Waals surface area contributed by atoms with Crippen LogP contribution in [0.3, 0.4) is 0 Å². The fourth-order valence-electron chi connectivity index (χ4n) is 1.84. The molecule has 0 saturated carbocycles. The van der Waals surface area contributed by atoms with E-state index in [0.717, 1.165) is 12.3 Å². The summed E-state index contributed by atoms with van der Waals surface area (Å²) < 4.78 is -2.19. The van der Waals surface area contributed by atoms with Crippen LogP contribution in [0.2, 0.25) is 0 Å². The van der Waals surface area contributed by atoms with Crippen LogP contribution in [-0.4, -0.2) is 12.3 Å². The van der Waals surface area contributed by atoms with Gasteiger partial charge >= 0.3 is 118 Å². The Bertz CT molecular complexity index is 159. The fourth-order valence-corrected chi connectivity index (χ4v) is 6.35. The molecule has 0 nitrogen and oxygen atoms in total. The van der Waals surface area contributed by atoms with Gasteiger partial charge in [-0.05, 0) is 0 Å². The van der Waals surface area contributed by atoms with Crippen LogP contribution in [0.15, 0.2) is 0 Å². The molecule has 0 heterocycles. The molecule has 0 aromatic carbocycles. The van der Waals surface area contributed by atoms with Crippen LogP contribution in [0, 0.1) is 0 Å². The topological polar surface area (TPSA) is 0 Å². The van der Waals surface area contributed by atoms with E-state index in [2.05, 4.69) is 13.8 Å². The molecule has 0 aliphatic rings. The summed E-state index contributed by atoms with van der Waals surface area (Å²) in [6.07, 6.45) is 12.6. The number of hydrogen-bond donors (Lipinski definition) is 3. The van der Waals surface area contributed by atoms with Gasteiger partial charge in [0.1, 0.15) is 0 Å². The van der Waals surface area contributed by atoms with E-state index in [0.29, 0.717) is 0 Å². The minimum absolute atomic E-state index is 1.12. The van der Waals surface area contributed by atoms with Gasteiger partial charge in [0.25, 0.3) is 0 Å². The van der Waals surface area contributed by atoms with Crippen LogP contribution in [0.4, 0.5) is 0 Å². The van der Waals surface area contributed by atoms with E-state index >= 15 is 0 Å². The van der Waals surface area contributed by atoms with Gasteiger partial charge in [0, 0.05) is 0 Å². The predicted molar refractivity (Wildman–Crippen MR) is 91.9 cm³/mol. The molecule has 0 fully saturated rings. The van der Waals surface area contributed by atoms with Crippen molar-refractivity contribution in [3.63, 3.8) is 0 Å². The van der Waals surface area contributed by atoms with Crippen molar-refractivity contribution < 1.29 is 0 Å². The molecule has 0 spiro atoms. The van der Waals surface area contributed by atoms with Crippen molar-refractivity contribution in [1.82, 2.24) is 0 Å². The Kier molecular flexibility index (Phi) is 9.35. The van der Waals surface area contributed by atoms with Crippen molar-refractivity contribution in [2.24, 2.45) is 0 Å². The van der Waals surface area contributed by atoms with Crippen molar-refractivity contribution >= 4 is 41.0 Å². The normalized spacial score (nSPS) is 14.7. The Morgan fingerprint density at radius 2 is 1.00 bits per heavy atom. The molecule has 100 valence electrons. The maximum atomic E-state index is 4.81. The van der Waals surface area contributed by atoms with E-state index in [1.165, 1.54) is 51.4 Å². The minimum atomic E-state index is -2.19. The zero-order valence-corrected chi connectivity index (χ0v) is 14.4. The van der Waals surface area contributed by atoms with Crippen molar-refractivity contribution in [2.75, 3.05) is 12.3 Å². The molecule has 0 bridgehead atoms. The molecule has 0 N–H and O–H groups in total. The maximum absolute atomic E-state index is 4.81. The van der Waals surface area contributed by atoms with Crippen LogP contribution in [0.5, 0.6) is 0 Å². The van der Waals surface area contributed by atoms with Crippen LogP contribution >= 0.6 is 41.0 Å². The van der Waals surface area contributed by atoms with Crippen LogP contribution < -0.4 is 0 Å². The SMILES string of the molecule is CCCCCCP(S)(S)(S)CCCCCC. The first-order valence-electron chi connectivity index (χ1n) is 6.65. The molecule has 16 heavy (non-hydrogen) atoms. The third-order valence-corrected chi connectivity index (χ3v) is 9.00. The van der Waals surface area contributed by atoms with Gasteiger partial charge in [-0.1, -0.05) is 0 Å². The summed E-state index contributed by atoms with van der Waals surface area (Å²) >= 11 is 14.4. The first-order chi connectivity index (χ1) is 7.39. The molecule has 0 aliphatic heterocycles. The molecule has 0 rings (SSSR count). The zero-order valence-electron chi connectivity index (χ0n) is 10.9. The van der Waals surface area contributed by atoms with Crippen molar-refractivity contribution in [3.05, 3.63) is 0 Å². The van der Waals surface area contributed by atoms with E-state index in [1.54, 1.807) is 0 Å². The van der Waals surface area contributed by atoms with Gasteiger partial charge < -0.3 is 0 Å². The Balaban J connectivity index is 3.75. The van der Waals surface area contributed by atoms with Gasteiger partial charge in [-0.25, -0.2) is 0 Å². The first kappa shape index (κ1) is 17.5. The summed E-state index contributed by atoms with van der Waals surface area (Å²) in [5.41, 5.74) is 0. The number of hydrogen-bond acceptors (Lipinski definition) is 3. The van der Waals surface area contributed by atoms with E-state index < -0.39 is 4.21 Å². The summed E-state index contributed by atoms with van der Waals surface area (Å²) in [4.78, 5) is 0. The fraction of sp³-hybridized carbons (Fsp3) is 1.00. The standard InChI is InChI=1S/C12H29PS3/c1-3-5-7-9-11-13(14,15,16)12-10-8-6-4-2/h14-16H,3-12H2,1-2H3. The molecule has 0 radical (unpaired) electrons.